The Bertz CT molecular complexity index is 95.7. The summed E-state index contributed by atoms with van der Waals surface area (Å²) >= 11 is 0. The van der Waals surface area contributed by atoms with Gasteiger partial charge in [0.1, 0.15) is 0 Å². The van der Waals surface area contributed by atoms with Crippen LogP contribution in [0.4, 0.5) is 0 Å². The van der Waals surface area contributed by atoms with Gasteiger partial charge in [-0.3, -0.25) is 0 Å². The van der Waals surface area contributed by atoms with Gasteiger partial charge in [0.15, 0.2) is 0 Å². The third-order valence-corrected chi connectivity index (χ3v) is 2.21. The first-order valence-electron chi connectivity index (χ1n) is 4.73. The number of hydrogen-bond donors (Lipinski definition) is 2. The molecule has 1 aliphatic heterocycles. The van der Waals surface area contributed by atoms with Gasteiger partial charge < -0.3 is 10.6 Å². The summed E-state index contributed by atoms with van der Waals surface area (Å²) < 4.78 is 0. The van der Waals surface area contributed by atoms with Crippen molar-refractivity contribution in [2.24, 2.45) is 5.92 Å². The van der Waals surface area contributed by atoms with Gasteiger partial charge in [0.2, 0.25) is 0 Å². The van der Waals surface area contributed by atoms with Gasteiger partial charge in [-0.05, 0) is 38.4 Å². The Balaban J connectivity index is 2.05. The molecule has 1 aliphatic rings. The van der Waals surface area contributed by atoms with E-state index in [0.717, 1.165) is 5.92 Å². The zero-order chi connectivity index (χ0) is 8.10. The Morgan fingerprint density at radius 1 is 1.55 bits per heavy atom. The summed E-state index contributed by atoms with van der Waals surface area (Å²) in [6.07, 6.45) is 2.75. The highest BCUT2D eigenvalue weighted by Crippen LogP contribution is 2.08. The quantitative estimate of drug-likeness (QED) is 0.636. The van der Waals surface area contributed by atoms with Gasteiger partial charge in [-0.1, -0.05) is 13.8 Å². The summed E-state index contributed by atoms with van der Waals surface area (Å²) in [5.74, 6) is 0.867. The van der Waals surface area contributed by atoms with E-state index in [0.29, 0.717) is 6.04 Å². The molecule has 11 heavy (non-hydrogen) atoms. The van der Waals surface area contributed by atoms with Crippen molar-refractivity contribution in [1.29, 1.82) is 0 Å². The van der Waals surface area contributed by atoms with E-state index in [9.17, 15) is 0 Å². The van der Waals surface area contributed by atoms with E-state index in [1.165, 1.54) is 32.5 Å². The minimum atomic E-state index is 0.636. The fourth-order valence-corrected chi connectivity index (χ4v) is 1.50. The van der Waals surface area contributed by atoms with Crippen molar-refractivity contribution in [2.45, 2.75) is 32.7 Å². The van der Waals surface area contributed by atoms with Crippen LogP contribution in [0.15, 0.2) is 0 Å². The molecule has 2 heteroatoms. The fourth-order valence-electron chi connectivity index (χ4n) is 1.50. The first kappa shape index (κ1) is 9.01. The van der Waals surface area contributed by atoms with E-state index in [-0.39, 0.29) is 0 Å². The summed E-state index contributed by atoms with van der Waals surface area (Å²) in [5, 5.41) is 6.89. The van der Waals surface area contributed by atoms with E-state index in [1.54, 1.807) is 0 Å². The Morgan fingerprint density at radius 3 is 2.91 bits per heavy atom. The van der Waals surface area contributed by atoms with Crippen molar-refractivity contribution < 1.29 is 0 Å². The van der Waals surface area contributed by atoms with E-state index in [2.05, 4.69) is 24.5 Å². The fraction of sp³-hybridized carbons (Fsp3) is 1.00. The van der Waals surface area contributed by atoms with E-state index in [1.807, 2.05) is 0 Å². The maximum Gasteiger partial charge on any atom is 0.00105 e. The predicted molar refractivity (Wildman–Crippen MR) is 48.7 cm³/mol. The zero-order valence-electron chi connectivity index (χ0n) is 7.69. The van der Waals surface area contributed by atoms with Crippen molar-refractivity contribution in [2.75, 3.05) is 19.6 Å². The van der Waals surface area contributed by atoms with Crippen LogP contribution in [0.2, 0.25) is 0 Å². The van der Waals surface area contributed by atoms with Gasteiger partial charge in [-0.25, -0.2) is 0 Å². The summed E-state index contributed by atoms with van der Waals surface area (Å²) in [6.45, 7) is 8.02. The molecule has 0 radical (unpaired) electrons. The van der Waals surface area contributed by atoms with Crippen molar-refractivity contribution in [3.8, 4) is 0 Å². The predicted octanol–water partition coefficient (Wildman–Crippen LogP) is 0.984. The molecular formula is C9H20N2. The third kappa shape index (κ3) is 3.73. The second-order valence-corrected chi connectivity index (χ2v) is 3.78. The molecule has 0 spiro atoms. The maximum absolute atomic E-state index is 3.48. The van der Waals surface area contributed by atoms with Crippen LogP contribution < -0.4 is 10.6 Å². The van der Waals surface area contributed by atoms with E-state index in [4.69, 9.17) is 0 Å². The minimum absolute atomic E-state index is 0.636. The summed E-state index contributed by atoms with van der Waals surface area (Å²) in [5.41, 5.74) is 0. The number of rotatable bonds is 3. The maximum atomic E-state index is 3.48. The molecule has 1 fully saturated rings. The first-order valence-corrected chi connectivity index (χ1v) is 4.73. The molecule has 1 saturated heterocycles. The molecule has 0 saturated carbocycles. The smallest absolute Gasteiger partial charge is 0.00105 e. The molecule has 1 heterocycles. The van der Waals surface area contributed by atoms with Crippen LogP contribution in [0, 0.1) is 5.92 Å². The summed E-state index contributed by atoms with van der Waals surface area (Å²) in [6, 6.07) is 0.636. The average molecular weight is 156 g/mol. The molecule has 1 rings (SSSR count). The second-order valence-electron chi connectivity index (χ2n) is 3.78. The molecule has 2 nitrogen and oxygen atoms in total. The molecule has 2 N–H and O–H groups in total. The zero-order valence-corrected chi connectivity index (χ0v) is 7.69. The number of piperidine rings is 1. The third-order valence-electron chi connectivity index (χ3n) is 2.21. The Labute approximate surface area is 69.8 Å². The van der Waals surface area contributed by atoms with Gasteiger partial charge in [0, 0.05) is 6.04 Å². The topological polar surface area (TPSA) is 24.1 Å². The minimum Gasteiger partial charge on any atom is -0.316 e. The Hall–Kier alpha value is -0.0800. The molecule has 0 aromatic carbocycles. The highest BCUT2D eigenvalue weighted by atomic mass is 14.9. The molecular weight excluding hydrogens is 136 g/mol. The van der Waals surface area contributed by atoms with Crippen molar-refractivity contribution >= 4 is 0 Å². The van der Waals surface area contributed by atoms with Gasteiger partial charge in [0.25, 0.3) is 0 Å². The van der Waals surface area contributed by atoms with Crippen molar-refractivity contribution in [1.82, 2.24) is 10.6 Å². The van der Waals surface area contributed by atoms with Crippen LogP contribution in [-0.2, 0) is 0 Å². The lowest BCUT2D eigenvalue weighted by atomic mass is 9.99. The number of hydrogen-bond acceptors (Lipinski definition) is 2. The highest BCUT2D eigenvalue weighted by Gasteiger charge is 2.11. The lowest BCUT2D eigenvalue weighted by molar-refractivity contribution is 0.351. The van der Waals surface area contributed by atoms with Gasteiger partial charge in [-0.2, -0.15) is 0 Å². The van der Waals surface area contributed by atoms with E-state index >= 15 is 0 Å². The molecule has 0 aromatic heterocycles. The van der Waals surface area contributed by atoms with Gasteiger partial charge >= 0.3 is 0 Å². The molecule has 0 unspecified atom stereocenters. The second kappa shape index (κ2) is 4.73. The van der Waals surface area contributed by atoms with Crippen molar-refractivity contribution in [3.63, 3.8) is 0 Å². The Morgan fingerprint density at radius 2 is 2.36 bits per heavy atom. The lowest BCUT2D eigenvalue weighted by Crippen LogP contribution is -2.38. The van der Waals surface area contributed by atoms with Crippen LogP contribution in [0.1, 0.15) is 26.7 Å². The van der Waals surface area contributed by atoms with Crippen LogP contribution in [0.5, 0.6) is 0 Å². The molecule has 1 atom stereocenters. The van der Waals surface area contributed by atoms with E-state index < -0.39 is 0 Å². The lowest BCUT2D eigenvalue weighted by Gasteiger charge is -2.23. The average Bonchev–Trinajstić information content (AvgIpc) is 2.03. The molecule has 0 bridgehead atoms. The first-order chi connectivity index (χ1) is 5.29. The molecule has 0 amide bonds. The van der Waals surface area contributed by atoms with Crippen LogP contribution in [0.3, 0.4) is 0 Å². The van der Waals surface area contributed by atoms with Gasteiger partial charge in [0.05, 0.1) is 0 Å². The standard InChI is InChI=1S/C9H20N2/c1-8(2)11-7-9-4-3-5-10-6-9/h8-11H,3-7H2,1-2H3/t9-/m1/s1. The van der Waals surface area contributed by atoms with Gasteiger partial charge in [-0.15, -0.1) is 0 Å². The normalized spacial score (nSPS) is 25.9. The molecule has 0 aliphatic carbocycles. The van der Waals surface area contributed by atoms with Crippen molar-refractivity contribution in [3.05, 3.63) is 0 Å². The molecule has 66 valence electrons. The summed E-state index contributed by atoms with van der Waals surface area (Å²) in [4.78, 5) is 0. The molecule has 0 aromatic rings. The largest absolute Gasteiger partial charge is 0.316 e. The highest BCUT2D eigenvalue weighted by molar-refractivity contribution is 4.71. The van der Waals surface area contributed by atoms with Crippen LogP contribution in [0.25, 0.3) is 0 Å². The Kier molecular flexibility index (Phi) is 3.87. The van der Waals surface area contributed by atoms with Crippen LogP contribution in [-0.4, -0.2) is 25.7 Å². The van der Waals surface area contributed by atoms with Crippen LogP contribution >= 0.6 is 0 Å². The summed E-state index contributed by atoms with van der Waals surface area (Å²) in [7, 11) is 0. The number of nitrogens with one attached hydrogen (secondary N) is 2. The monoisotopic (exact) mass is 156 g/mol. The SMILES string of the molecule is CC(C)NC[C@@H]1CCCNC1.